The van der Waals surface area contributed by atoms with E-state index in [1.807, 2.05) is 42.5 Å². The first-order valence-corrected chi connectivity index (χ1v) is 8.63. The number of nitrogens with one attached hydrogen (secondary N) is 2. The first-order valence-electron chi connectivity index (χ1n) is 8.26. The fourth-order valence-electron chi connectivity index (χ4n) is 2.32. The van der Waals surface area contributed by atoms with Crippen LogP contribution in [0, 0.1) is 0 Å². The second-order valence-electron chi connectivity index (χ2n) is 5.63. The number of ether oxygens (including phenoxy) is 1. The minimum Gasteiger partial charge on any atom is -0.484 e. The molecule has 0 aromatic heterocycles. The number of carbonyl (C=O) groups is 1. The van der Waals surface area contributed by atoms with Gasteiger partial charge in [0.25, 0.3) is 5.91 Å². The quantitative estimate of drug-likeness (QED) is 0.487. The number of nitrogens with two attached hydrogens (primary N) is 1. The number of amides is 1. The molecule has 0 saturated heterocycles. The fourth-order valence-corrected chi connectivity index (χ4v) is 2.54. The minimum absolute atomic E-state index is 0.135. The van der Waals surface area contributed by atoms with Crippen LogP contribution in [0.2, 0.25) is 5.02 Å². The number of hydrogen-bond acceptors (Lipinski definition) is 3. The fraction of sp³-hybridized carbons (Fsp3) is 0.263. The van der Waals surface area contributed by atoms with Gasteiger partial charge in [-0.2, -0.15) is 0 Å². The molecule has 0 bridgehead atoms. The summed E-state index contributed by atoms with van der Waals surface area (Å²) in [5.74, 6) is 0.806. The number of guanidine groups is 1. The van der Waals surface area contributed by atoms with E-state index < -0.39 is 5.91 Å². The van der Waals surface area contributed by atoms with Crippen LogP contribution < -0.4 is 21.1 Å². The van der Waals surface area contributed by atoms with Crippen molar-refractivity contribution >= 4 is 23.5 Å². The van der Waals surface area contributed by atoms with Crippen LogP contribution >= 0.6 is 11.6 Å². The van der Waals surface area contributed by atoms with Gasteiger partial charge in [0.05, 0.1) is 0 Å². The Bertz CT molecular complexity index is 765. The van der Waals surface area contributed by atoms with Crippen molar-refractivity contribution in [2.24, 2.45) is 10.7 Å². The molecule has 138 valence electrons. The lowest BCUT2D eigenvalue weighted by Crippen LogP contribution is -2.37. The molecule has 0 atom stereocenters. The SMILES string of the molecule is CN=C(NCCc1cccc(Cl)c1)NCc1cccc(OCC(N)=O)c1. The second kappa shape index (κ2) is 10.3. The Kier molecular flexibility index (Phi) is 7.76. The largest absolute Gasteiger partial charge is 0.484 e. The van der Waals surface area contributed by atoms with Crippen LogP contribution in [0.25, 0.3) is 0 Å². The molecule has 0 aliphatic carbocycles. The van der Waals surface area contributed by atoms with Gasteiger partial charge < -0.3 is 21.1 Å². The van der Waals surface area contributed by atoms with Crippen LogP contribution in [0.3, 0.4) is 0 Å². The van der Waals surface area contributed by atoms with Crippen molar-refractivity contribution < 1.29 is 9.53 Å². The van der Waals surface area contributed by atoms with E-state index in [9.17, 15) is 4.79 Å². The first kappa shape index (κ1) is 19.6. The lowest BCUT2D eigenvalue weighted by molar-refractivity contribution is -0.119. The molecular formula is C19H23ClN4O2. The van der Waals surface area contributed by atoms with Crippen LogP contribution in [-0.4, -0.2) is 32.1 Å². The predicted molar refractivity (Wildman–Crippen MR) is 104 cm³/mol. The first-order chi connectivity index (χ1) is 12.6. The van der Waals surface area contributed by atoms with Crippen molar-refractivity contribution in [3.63, 3.8) is 0 Å². The molecule has 0 aliphatic rings. The number of aliphatic imine (C=N–C) groups is 1. The van der Waals surface area contributed by atoms with Crippen molar-refractivity contribution in [1.29, 1.82) is 0 Å². The van der Waals surface area contributed by atoms with Gasteiger partial charge in [-0.15, -0.1) is 0 Å². The Labute approximate surface area is 158 Å². The van der Waals surface area contributed by atoms with Crippen molar-refractivity contribution in [3.8, 4) is 5.75 Å². The van der Waals surface area contributed by atoms with Crippen molar-refractivity contribution in [2.45, 2.75) is 13.0 Å². The zero-order valence-electron chi connectivity index (χ0n) is 14.7. The molecule has 1 amide bonds. The Hall–Kier alpha value is -2.73. The molecule has 0 radical (unpaired) electrons. The Balaban J connectivity index is 1.79. The normalized spacial score (nSPS) is 11.1. The summed E-state index contributed by atoms with van der Waals surface area (Å²) in [5.41, 5.74) is 7.25. The summed E-state index contributed by atoms with van der Waals surface area (Å²) in [5, 5.41) is 7.25. The monoisotopic (exact) mass is 374 g/mol. The summed E-state index contributed by atoms with van der Waals surface area (Å²) < 4.78 is 5.31. The third-order valence-electron chi connectivity index (χ3n) is 3.56. The number of rotatable bonds is 8. The van der Waals surface area contributed by atoms with E-state index in [2.05, 4.69) is 15.6 Å². The van der Waals surface area contributed by atoms with Crippen molar-refractivity contribution in [3.05, 3.63) is 64.7 Å². The predicted octanol–water partition coefficient (Wildman–Crippen LogP) is 2.11. The minimum atomic E-state index is -0.502. The highest BCUT2D eigenvalue weighted by atomic mass is 35.5. The maximum atomic E-state index is 10.8. The molecule has 0 spiro atoms. The van der Waals surface area contributed by atoms with Gasteiger partial charge in [0.2, 0.25) is 0 Å². The number of nitrogens with zero attached hydrogens (tertiary/aromatic N) is 1. The summed E-state index contributed by atoms with van der Waals surface area (Å²) >= 11 is 5.99. The van der Waals surface area contributed by atoms with E-state index in [4.69, 9.17) is 22.1 Å². The van der Waals surface area contributed by atoms with Gasteiger partial charge in [-0.3, -0.25) is 9.79 Å². The van der Waals surface area contributed by atoms with Crippen LogP contribution in [0.4, 0.5) is 0 Å². The number of primary amides is 1. The van der Waals surface area contributed by atoms with Gasteiger partial charge in [0.15, 0.2) is 12.6 Å². The maximum Gasteiger partial charge on any atom is 0.255 e. The topological polar surface area (TPSA) is 88.7 Å². The molecular weight excluding hydrogens is 352 g/mol. The van der Waals surface area contributed by atoms with Gasteiger partial charge in [-0.1, -0.05) is 35.9 Å². The Morgan fingerprint density at radius 1 is 1.15 bits per heavy atom. The summed E-state index contributed by atoms with van der Waals surface area (Å²) in [6.45, 7) is 1.18. The molecule has 2 aromatic carbocycles. The zero-order valence-corrected chi connectivity index (χ0v) is 15.4. The van der Waals surface area contributed by atoms with E-state index in [0.29, 0.717) is 18.3 Å². The van der Waals surface area contributed by atoms with Gasteiger partial charge in [0, 0.05) is 25.2 Å². The van der Waals surface area contributed by atoms with Crippen LogP contribution in [-0.2, 0) is 17.8 Å². The van der Waals surface area contributed by atoms with Crippen molar-refractivity contribution in [2.75, 3.05) is 20.2 Å². The average Bonchev–Trinajstić information content (AvgIpc) is 2.63. The Morgan fingerprint density at radius 2 is 1.92 bits per heavy atom. The third kappa shape index (κ3) is 7.03. The van der Waals surface area contributed by atoms with E-state index in [0.717, 1.165) is 23.6 Å². The van der Waals surface area contributed by atoms with Gasteiger partial charge in [-0.25, -0.2) is 0 Å². The highest BCUT2D eigenvalue weighted by Crippen LogP contribution is 2.13. The van der Waals surface area contributed by atoms with Crippen LogP contribution in [0.15, 0.2) is 53.5 Å². The summed E-state index contributed by atoms with van der Waals surface area (Å²) in [6, 6.07) is 15.3. The summed E-state index contributed by atoms with van der Waals surface area (Å²) in [4.78, 5) is 15.0. The molecule has 0 aliphatic heterocycles. The van der Waals surface area contributed by atoms with Gasteiger partial charge in [-0.05, 0) is 41.8 Å². The van der Waals surface area contributed by atoms with Gasteiger partial charge >= 0.3 is 0 Å². The van der Waals surface area contributed by atoms with Crippen molar-refractivity contribution in [1.82, 2.24) is 10.6 Å². The molecule has 7 heteroatoms. The van der Waals surface area contributed by atoms with Crippen LogP contribution in [0.5, 0.6) is 5.75 Å². The molecule has 0 fully saturated rings. The van der Waals surface area contributed by atoms with E-state index in [1.165, 1.54) is 5.56 Å². The second-order valence-corrected chi connectivity index (χ2v) is 6.07. The number of benzene rings is 2. The third-order valence-corrected chi connectivity index (χ3v) is 3.79. The number of halogens is 1. The summed E-state index contributed by atoms with van der Waals surface area (Å²) in [6.07, 6.45) is 0.845. The molecule has 0 heterocycles. The molecule has 2 aromatic rings. The Morgan fingerprint density at radius 3 is 2.65 bits per heavy atom. The average molecular weight is 375 g/mol. The molecule has 2 rings (SSSR count). The molecule has 0 saturated carbocycles. The highest BCUT2D eigenvalue weighted by molar-refractivity contribution is 6.30. The standard InChI is InChI=1S/C19H23ClN4O2/c1-22-19(23-9-8-14-4-2-6-16(20)10-14)24-12-15-5-3-7-17(11-15)26-13-18(21)25/h2-7,10-11H,8-9,12-13H2,1H3,(H2,21,25)(H2,22,23,24). The van der Waals surface area contributed by atoms with Gasteiger partial charge in [0.1, 0.15) is 5.75 Å². The number of carbonyl (C=O) groups excluding carboxylic acids is 1. The molecule has 6 nitrogen and oxygen atoms in total. The maximum absolute atomic E-state index is 10.8. The summed E-state index contributed by atoms with van der Waals surface area (Å²) in [7, 11) is 1.72. The lowest BCUT2D eigenvalue weighted by Gasteiger charge is -2.13. The van der Waals surface area contributed by atoms with E-state index >= 15 is 0 Å². The van der Waals surface area contributed by atoms with E-state index in [-0.39, 0.29) is 6.61 Å². The molecule has 26 heavy (non-hydrogen) atoms. The number of hydrogen-bond donors (Lipinski definition) is 3. The van der Waals surface area contributed by atoms with Crippen LogP contribution in [0.1, 0.15) is 11.1 Å². The molecule has 0 unspecified atom stereocenters. The lowest BCUT2D eigenvalue weighted by atomic mass is 10.1. The molecule has 4 N–H and O–H groups in total. The van der Waals surface area contributed by atoms with E-state index in [1.54, 1.807) is 13.1 Å². The zero-order chi connectivity index (χ0) is 18.8. The highest BCUT2D eigenvalue weighted by Gasteiger charge is 2.02. The smallest absolute Gasteiger partial charge is 0.255 e.